The Balaban J connectivity index is 1.82. The van der Waals surface area contributed by atoms with Gasteiger partial charge in [-0.2, -0.15) is 13.2 Å². The summed E-state index contributed by atoms with van der Waals surface area (Å²) >= 11 is 0. The van der Waals surface area contributed by atoms with E-state index in [9.17, 15) is 27.6 Å². The number of amides is 4. The van der Waals surface area contributed by atoms with Crippen molar-refractivity contribution in [1.82, 2.24) is 10.2 Å². The number of urea groups is 1. The normalized spacial score (nSPS) is 16.8. The lowest BCUT2D eigenvalue weighted by Crippen LogP contribution is -2.40. The minimum absolute atomic E-state index is 0.0263. The Labute approximate surface area is 142 Å². The molecule has 0 saturated carbocycles. The number of nitrogens with one attached hydrogen (secondary N) is 2. The first-order valence-electron chi connectivity index (χ1n) is 7.62. The molecule has 1 heterocycles. The lowest BCUT2D eigenvalue weighted by Gasteiger charge is -2.15. The van der Waals surface area contributed by atoms with Gasteiger partial charge in [0.1, 0.15) is 5.54 Å². The molecule has 9 heteroatoms. The molecule has 0 spiro atoms. The average Bonchev–Trinajstić information content (AvgIpc) is 2.68. The van der Waals surface area contributed by atoms with Crippen LogP contribution in [0, 0.1) is 0 Å². The highest BCUT2D eigenvalue weighted by Gasteiger charge is 2.43. The molecule has 1 aliphatic rings. The van der Waals surface area contributed by atoms with Gasteiger partial charge in [-0.1, -0.05) is 0 Å². The molecule has 4 amide bonds. The van der Waals surface area contributed by atoms with E-state index in [1.807, 2.05) is 0 Å². The smallest absolute Gasteiger partial charge is 0.326 e. The van der Waals surface area contributed by atoms with Crippen LogP contribution in [0.2, 0.25) is 0 Å². The maximum Gasteiger partial charge on any atom is 0.416 e. The average molecular weight is 357 g/mol. The van der Waals surface area contributed by atoms with Gasteiger partial charge in [0.25, 0.3) is 5.91 Å². The molecule has 0 aliphatic carbocycles. The van der Waals surface area contributed by atoms with Crippen molar-refractivity contribution in [3.8, 4) is 0 Å². The van der Waals surface area contributed by atoms with Gasteiger partial charge in [0.2, 0.25) is 5.91 Å². The first kappa shape index (κ1) is 18.8. The van der Waals surface area contributed by atoms with Crippen molar-refractivity contribution < 1.29 is 27.6 Å². The number of hydrogen-bond donors (Lipinski definition) is 2. The fourth-order valence-corrected chi connectivity index (χ4v) is 2.38. The quantitative estimate of drug-likeness (QED) is 0.796. The number of alkyl halides is 3. The molecule has 1 fully saturated rings. The van der Waals surface area contributed by atoms with Gasteiger partial charge in [0.15, 0.2) is 0 Å². The molecule has 0 radical (unpaired) electrons. The number of imide groups is 1. The molecule has 1 saturated heterocycles. The second-order valence-corrected chi connectivity index (χ2v) is 6.24. The fourth-order valence-electron chi connectivity index (χ4n) is 2.38. The van der Waals surface area contributed by atoms with E-state index in [2.05, 4.69) is 10.6 Å². The number of carbonyl (C=O) groups is 3. The molecule has 0 bridgehead atoms. The highest BCUT2D eigenvalue weighted by atomic mass is 19.4. The number of benzene rings is 1. The number of anilines is 1. The van der Waals surface area contributed by atoms with Crippen molar-refractivity contribution >= 4 is 23.5 Å². The summed E-state index contributed by atoms with van der Waals surface area (Å²) in [5, 5.41) is 5.01. The van der Waals surface area contributed by atoms with Gasteiger partial charge < -0.3 is 10.6 Å². The summed E-state index contributed by atoms with van der Waals surface area (Å²) in [6.45, 7) is 3.27. The number of nitrogens with zero attached hydrogens (tertiary/aromatic N) is 1. The maximum absolute atomic E-state index is 12.5. The Morgan fingerprint density at radius 3 is 2.28 bits per heavy atom. The van der Waals surface area contributed by atoms with E-state index in [4.69, 9.17) is 0 Å². The summed E-state index contributed by atoms with van der Waals surface area (Å²) in [5.41, 5.74) is -1.51. The molecule has 0 aromatic heterocycles. The maximum atomic E-state index is 12.5. The van der Waals surface area contributed by atoms with E-state index in [1.165, 1.54) is 12.1 Å². The Kier molecular flexibility index (Phi) is 5.05. The molecule has 0 atom stereocenters. The monoisotopic (exact) mass is 357 g/mol. The molecular formula is C16H18F3N3O3. The van der Waals surface area contributed by atoms with Gasteiger partial charge in [-0.25, -0.2) is 4.79 Å². The van der Waals surface area contributed by atoms with Crippen LogP contribution in [0.25, 0.3) is 0 Å². The van der Waals surface area contributed by atoms with E-state index in [1.54, 1.807) is 13.8 Å². The third-order valence-corrected chi connectivity index (χ3v) is 3.73. The SMILES string of the molecule is CC1(C)NC(=O)N(CCCC(=O)Nc2ccc(C(F)(F)F)cc2)C1=O. The van der Waals surface area contributed by atoms with E-state index in [0.717, 1.165) is 17.0 Å². The van der Waals surface area contributed by atoms with Crippen LogP contribution in [0.1, 0.15) is 32.3 Å². The lowest BCUT2D eigenvalue weighted by atomic mass is 10.1. The van der Waals surface area contributed by atoms with Crippen LogP contribution in [-0.2, 0) is 15.8 Å². The molecule has 25 heavy (non-hydrogen) atoms. The minimum Gasteiger partial charge on any atom is -0.326 e. The van der Waals surface area contributed by atoms with Crippen LogP contribution in [0.3, 0.4) is 0 Å². The van der Waals surface area contributed by atoms with Gasteiger partial charge in [-0.3, -0.25) is 14.5 Å². The lowest BCUT2D eigenvalue weighted by molar-refractivity contribution is -0.137. The van der Waals surface area contributed by atoms with Crippen LogP contribution in [-0.4, -0.2) is 34.8 Å². The summed E-state index contributed by atoms with van der Waals surface area (Å²) < 4.78 is 37.4. The van der Waals surface area contributed by atoms with Crippen molar-refractivity contribution in [2.45, 2.75) is 38.4 Å². The molecule has 136 valence electrons. The summed E-state index contributed by atoms with van der Waals surface area (Å²) in [4.78, 5) is 36.5. The zero-order valence-corrected chi connectivity index (χ0v) is 13.7. The van der Waals surface area contributed by atoms with Gasteiger partial charge in [0, 0.05) is 18.7 Å². The van der Waals surface area contributed by atoms with Gasteiger partial charge in [-0.05, 0) is 44.5 Å². The Morgan fingerprint density at radius 2 is 1.80 bits per heavy atom. The highest BCUT2D eigenvalue weighted by Crippen LogP contribution is 2.29. The van der Waals surface area contributed by atoms with Gasteiger partial charge >= 0.3 is 12.2 Å². The predicted molar refractivity (Wildman–Crippen MR) is 83.6 cm³/mol. The van der Waals surface area contributed by atoms with Crippen molar-refractivity contribution in [1.29, 1.82) is 0 Å². The Bertz CT molecular complexity index is 684. The van der Waals surface area contributed by atoms with E-state index in [0.29, 0.717) is 0 Å². The topological polar surface area (TPSA) is 78.5 Å². The molecular weight excluding hydrogens is 339 g/mol. The molecule has 0 unspecified atom stereocenters. The largest absolute Gasteiger partial charge is 0.416 e. The van der Waals surface area contributed by atoms with Crippen LogP contribution in [0.4, 0.5) is 23.7 Å². The van der Waals surface area contributed by atoms with Crippen molar-refractivity contribution in [3.63, 3.8) is 0 Å². The summed E-state index contributed by atoms with van der Waals surface area (Å²) in [6.07, 6.45) is -4.15. The summed E-state index contributed by atoms with van der Waals surface area (Å²) in [7, 11) is 0. The molecule has 1 aliphatic heterocycles. The van der Waals surface area contributed by atoms with Crippen molar-refractivity contribution in [2.24, 2.45) is 0 Å². The summed E-state index contributed by atoms with van der Waals surface area (Å²) in [5.74, 6) is -0.772. The molecule has 1 aromatic carbocycles. The minimum atomic E-state index is -4.43. The molecule has 1 aromatic rings. The van der Waals surface area contributed by atoms with Gasteiger partial charge in [-0.15, -0.1) is 0 Å². The highest BCUT2D eigenvalue weighted by molar-refractivity contribution is 6.06. The van der Waals surface area contributed by atoms with E-state index in [-0.39, 0.29) is 31.0 Å². The van der Waals surface area contributed by atoms with Crippen LogP contribution >= 0.6 is 0 Å². The van der Waals surface area contributed by atoms with E-state index >= 15 is 0 Å². The molecule has 2 N–H and O–H groups in total. The predicted octanol–water partition coefficient (Wildman–Crippen LogP) is 2.75. The molecule has 2 rings (SSSR count). The second kappa shape index (κ2) is 6.73. The second-order valence-electron chi connectivity index (χ2n) is 6.24. The van der Waals surface area contributed by atoms with Crippen molar-refractivity contribution in [2.75, 3.05) is 11.9 Å². The zero-order valence-electron chi connectivity index (χ0n) is 13.7. The van der Waals surface area contributed by atoms with Crippen LogP contribution < -0.4 is 10.6 Å². The molecule has 6 nitrogen and oxygen atoms in total. The van der Waals surface area contributed by atoms with E-state index < -0.39 is 29.2 Å². The zero-order chi connectivity index (χ0) is 18.8. The Morgan fingerprint density at radius 1 is 1.20 bits per heavy atom. The van der Waals surface area contributed by atoms with Crippen LogP contribution in [0.5, 0.6) is 0 Å². The Hall–Kier alpha value is -2.58. The number of hydrogen-bond acceptors (Lipinski definition) is 3. The standard InChI is InChI=1S/C16H18F3N3O3/c1-15(2)13(24)22(14(25)21-15)9-3-4-12(23)20-11-7-5-10(6-8-11)16(17,18)19/h5-8H,3-4,9H2,1-2H3,(H,20,23)(H,21,25). The third-order valence-electron chi connectivity index (χ3n) is 3.73. The van der Waals surface area contributed by atoms with Crippen LogP contribution in [0.15, 0.2) is 24.3 Å². The summed E-state index contributed by atoms with van der Waals surface area (Å²) in [6, 6.07) is 3.59. The third kappa shape index (κ3) is 4.49. The van der Waals surface area contributed by atoms with Gasteiger partial charge in [0.05, 0.1) is 5.56 Å². The first-order chi connectivity index (χ1) is 11.5. The number of rotatable bonds is 5. The first-order valence-corrected chi connectivity index (χ1v) is 7.62. The fraction of sp³-hybridized carbons (Fsp3) is 0.438. The van der Waals surface area contributed by atoms with Crippen molar-refractivity contribution in [3.05, 3.63) is 29.8 Å². The number of carbonyl (C=O) groups excluding carboxylic acids is 3. The number of halogens is 3.